The van der Waals surface area contributed by atoms with Crippen LogP contribution in [0, 0.1) is 0 Å². The van der Waals surface area contributed by atoms with E-state index in [9.17, 15) is 4.79 Å². The van der Waals surface area contributed by atoms with Crippen LogP contribution in [-0.4, -0.2) is 20.9 Å². The van der Waals surface area contributed by atoms with Gasteiger partial charge in [-0.05, 0) is 42.5 Å². The highest BCUT2D eigenvalue weighted by molar-refractivity contribution is 6.39. The Bertz CT molecular complexity index is 1110. The molecule has 0 radical (unpaired) electrons. The lowest BCUT2D eigenvalue weighted by molar-refractivity contribution is 0.102. The molecule has 2 heterocycles. The second-order valence-corrected chi connectivity index (χ2v) is 6.52. The third kappa shape index (κ3) is 3.72. The fourth-order valence-corrected chi connectivity index (χ4v) is 3.06. The van der Waals surface area contributed by atoms with E-state index in [4.69, 9.17) is 23.2 Å². The van der Waals surface area contributed by atoms with E-state index in [2.05, 4.69) is 25.6 Å². The first kappa shape index (κ1) is 17.3. The van der Waals surface area contributed by atoms with Crippen molar-refractivity contribution < 1.29 is 4.79 Å². The number of para-hydroxylation sites is 1. The molecule has 0 aliphatic carbocycles. The van der Waals surface area contributed by atoms with Crippen LogP contribution in [0.15, 0.2) is 60.8 Å². The summed E-state index contributed by atoms with van der Waals surface area (Å²) in [5.74, 6) is 0.707. The van der Waals surface area contributed by atoms with Gasteiger partial charge in [0.2, 0.25) is 5.95 Å². The Morgan fingerprint density at radius 3 is 2.56 bits per heavy atom. The number of fused-ring (bicyclic) bond motifs is 1. The zero-order valence-electron chi connectivity index (χ0n) is 13.8. The fourth-order valence-electron chi connectivity index (χ4n) is 2.57. The number of amides is 1. The van der Waals surface area contributed by atoms with Crippen LogP contribution in [0.1, 0.15) is 10.4 Å². The molecule has 3 N–H and O–H groups in total. The number of carbonyl (C=O) groups is 1. The van der Waals surface area contributed by atoms with Crippen molar-refractivity contribution in [1.29, 1.82) is 0 Å². The summed E-state index contributed by atoms with van der Waals surface area (Å²) in [6, 6.07) is 15.7. The maximum Gasteiger partial charge on any atom is 0.256 e. The zero-order valence-corrected chi connectivity index (χ0v) is 15.3. The number of hydrogen-bond acceptors (Lipinski definition) is 4. The smallest absolute Gasteiger partial charge is 0.256 e. The molecule has 4 rings (SSSR count). The second kappa shape index (κ2) is 7.26. The van der Waals surface area contributed by atoms with Gasteiger partial charge in [0.05, 0.1) is 26.8 Å². The van der Waals surface area contributed by atoms with Crippen molar-refractivity contribution in [2.75, 3.05) is 10.6 Å². The highest BCUT2D eigenvalue weighted by Crippen LogP contribution is 2.32. The van der Waals surface area contributed by atoms with E-state index < -0.39 is 0 Å². The Hall–Kier alpha value is -3.09. The van der Waals surface area contributed by atoms with Gasteiger partial charge in [-0.3, -0.25) is 4.79 Å². The van der Waals surface area contributed by atoms with E-state index >= 15 is 0 Å². The molecular formula is C19H13Cl2N5O. The highest BCUT2D eigenvalue weighted by Gasteiger charge is 2.12. The predicted molar refractivity (Wildman–Crippen MR) is 108 cm³/mol. The van der Waals surface area contributed by atoms with Gasteiger partial charge in [0, 0.05) is 11.8 Å². The van der Waals surface area contributed by atoms with E-state index in [0.717, 1.165) is 0 Å². The minimum absolute atomic E-state index is 0.256. The van der Waals surface area contributed by atoms with Gasteiger partial charge < -0.3 is 15.6 Å². The maximum absolute atomic E-state index is 12.4. The average Bonchev–Trinajstić information content (AvgIpc) is 3.07. The molecule has 0 unspecified atom stereocenters. The monoisotopic (exact) mass is 397 g/mol. The number of aromatic amines is 1. The molecule has 0 bridgehead atoms. The summed E-state index contributed by atoms with van der Waals surface area (Å²) >= 11 is 12.3. The van der Waals surface area contributed by atoms with E-state index in [0.29, 0.717) is 44.1 Å². The van der Waals surface area contributed by atoms with E-state index in [1.165, 1.54) is 0 Å². The molecule has 2 aromatic carbocycles. The summed E-state index contributed by atoms with van der Waals surface area (Å²) in [6.07, 6.45) is 1.62. The molecule has 1 amide bonds. The number of carbonyl (C=O) groups excluding carboxylic acids is 1. The average molecular weight is 398 g/mol. The van der Waals surface area contributed by atoms with Gasteiger partial charge in [-0.15, -0.1) is 0 Å². The number of aromatic nitrogens is 3. The van der Waals surface area contributed by atoms with Crippen LogP contribution in [0.25, 0.3) is 11.0 Å². The van der Waals surface area contributed by atoms with E-state index in [1.807, 2.05) is 0 Å². The zero-order chi connectivity index (χ0) is 18.8. The lowest BCUT2D eigenvalue weighted by atomic mass is 10.2. The molecule has 134 valence electrons. The van der Waals surface area contributed by atoms with Crippen molar-refractivity contribution in [2.45, 2.75) is 0 Å². The number of pyridine rings is 1. The summed E-state index contributed by atoms with van der Waals surface area (Å²) in [5.41, 5.74) is 2.46. The van der Waals surface area contributed by atoms with Crippen LogP contribution in [0.4, 0.5) is 17.5 Å². The summed E-state index contributed by atoms with van der Waals surface area (Å²) in [6.45, 7) is 0. The Morgan fingerprint density at radius 2 is 1.81 bits per heavy atom. The minimum atomic E-state index is -0.256. The summed E-state index contributed by atoms with van der Waals surface area (Å²) in [7, 11) is 0. The molecule has 0 saturated carbocycles. The topological polar surface area (TPSA) is 82.7 Å². The first-order valence-electron chi connectivity index (χ1n) is 8.03. The van der Waals surface area contributed by atoms with Crippen molar-refractivity contribution in [2.24, 2.45) is 0 Å². The number of benzene rings is 2. The van der Waals surface area contributed by atoms with Crippen molar-refractivity contribution in [3.05, 3.63) is 76.4 Å². The Balaban J connectivity index is 1.59. The van der Waals surface area contributed by atoms with Crippen molar-refractivity contribution >= 4 is 57.6 Å². The molecule has 2 aromatic heterocycles. The van der Waals surface area contributed by atoms with E-state index in [1.54, 1.807) is 60.8 Å². The van der Waals surface area contributed by atoms with Gasteiger partial charge in [-0.25, -0.2) is 9.97 Å². The first-order chi connectivity index (χ1) is 13.1. The molecule has 4 aromatic rings. The van der Waals surface area contributed by atoms with Crippen molar-refractivity contribution in [1.82, 2.24) is 15.0 Å². The number of imidazole rings is 1. The molecule has 0 atom stereocenters. The third-order valence-electron chi connectivity index (χ3n) is 3.86. The first-order valence-corrected chi connectivity index (χ1v) is 8.79. The molecule has 0 aliphatic rings. The number of anilines is 3. The SMILES string of the molecule is O=C(Nc1ccccn1)c1ccc2nc(Nc3c(Cl)cccc3Cl)[nH]c2c1. The molecule has 8 heteroatoms. The largest absolute Gasteiger partial charge is 0.324 e. The number of halogens is 2. The quantitative estimate of drug-likeness (QED) is 0.438. The van der Waals surface area contributed by atoms with Crippen LogP contribution >= 0.6 is 23.2 Å². The molecule has 6 nitrogen and oxygen atoms in total. The molecule has 0 aliphatic heterocycles. The van der Waals surface area contributed by atoms with Crippen LogP contribution in [0.3, 0.4) is 0 Å². The number of H-pyrrole nitrogens is 1. The molecule has 0 spiro atoms. The van der Waals surface area contributed by atoms with Crippen molar-refractivity contribution in [3.63, 3.8) is 0 Å². The summed E-state index contributed by atoms with van der Waals surface area (Å²) < 4.78 is 0. The number of nitrogens with one attached hydrogen (secondary N) is 3. The van der Waals surface area contributed by atoms with Gasteiger partial charge in [-0.1, -0.05) is 35.3 Å². The van der Waals surface area contributed by atoms with Gasteiger partial charge in [-0.2, -0.15) is 0 Å². The van der Waals surface area contributed by atoms with Gasteiger partial charge in [0.15, 0.2) is 0 Å². The summed E-state index contributed by atoms with van der Waals surface area (Å²) in [4.78, 5) is 24.1. The minimum Gasteiger partial charge on any atom is -0.324 e. The number of nitrogens with zero attached hydrogens (tertiary/aromatic N) is 2. The van der Waals surface area contributed by atoms with Crippen LogP contribution in [0.5, 0.6) is 0 Å². The fraction of sp³-hybridized carbons (Fsp3) is 0. The Labute approximate surface area is 164 Å². The normalized spacial score (nSPS) is 10.7. The maximum atomic E-state index is 12.4. The highest BCUT2D eigenvalue weighted by atomic mass is 35.5. The molecule has 0 saturated heterocycles. The molecular weight excluding hydrogens is 385 g/mol. The molecule has 27 heavy (non-hydrogen) atoms. The number of hydrogen-bond donors (Lipinski definition) is 3. The Morgan fingerprint density at radius 1 is 1.00 bits per heavy atom. The van der Waals surface area contributed by atoms with E-state index in [-0.39, 0.29) is 5.91 Å². The second-order valence-electron chi connectivity index (χ2n) is 5.71. The number of rotatable bonds is 4. The predicted octanol–water partition coefficient (Wildman–Crippen LogP) is 5.26. The Kier molecular flexibility index (Phi) is 4.66. The van der Waals surface area contributed by atoms with Gasteiger partial charge >= 0.3 is 0 Å². The van der Waals surface area contributed by atoms with Crippen LogP contribution < -0.4 is 10.6 Å². The lowest BCUT2D eigenvalue weighted by Crippen LogP contribution is -2.12. The third-order valence-corrected chi connectivity index (χ3v) is 4.49. The van der Waals surface area contributed by atoms with Crippen LogP contribution in [0.2, 0.25) is 10.0 Å². The summed E-state index contributed by atoms with van der Waals surface area (Å²) in [5, 5.41) is 6.80. The standard InChI is InChI=1S/C19H13Cl2N5O/c20-12-4-3-5-13(21)17(12)26-19-23-14-8-7-11(10-15(14)24-19)18(27)25-16-6-1-2-9-22-16/h1-10H,(H,22,25,27)(H2,23,24,26). The van der Waals surface area contributed by atoms with Crippen molar-refractivity contribution in [3.8, 4) is 0 Å². The van der Waals surface area contributed by atoms with Crippen LogP contribution in [-0.2, 0) is 0 Å². The lowest BCUT2D eigenvalue weighted by Gasteiger charge is -2.06. The van der Waals surface area contributed by atoms with Gasteiger partial charge in [0.1, 0.15) is 5.82 Å². The molecule has 0 fully saturated rings. The van der Waals surface area contributed by atoms with Gasteiger partial charge in [0.25, 0.3) is 5.91 Å².